The topological polar surface area (TPSA) is 118 Å². The van der Waals surface area contributed by atoms with E-state index >= 15 is 0 Å². The molecule has 0 rings (SSSR count). The van der Waals surface area contributed by atoms with E-state index in [1.54, 1.807) is 0 Å². The van der Waals surface area contributed by atoms with Crippen LogP contribution >= 0.6 is 7.75 Å². The Hall–Kier alpha value is -0.720. The highest BCUT2D eigenvalue weighted by Crippen LogP contribution is 2.42. The monoisotopic (exact) mass is 435 g/mol. The zero-order valence-corrected chi connectivity index (χ0v) is 18.9. The molecule has 1 atom stereocenters. The molecule has 0 aromatic heterocycles. The van der Waals surface area contributed by atoms with Crippen LogP contribution in [0.15, 0.2) is 12.2 Å². The number of aliphatic carboxylic acids is 1. The van der Waals surface area contributed by atoms with Gasteiger partial charge in [0.1, 0.15) is 6.04 Å². The number of nitrogens with zero attached hydrogens (tertiary/aromatic N) is 1. The van der Waals surface area contributed by atoms with E-state index in [2.05, 4.69) is 19.1 Å². The summed E-state index contributed by atoms with van der Waals surface area (Å²) >= 11 is 0. The fourth-order valence-electron chi connectivity index (χ4n) is 3.29. The number of hydrogen-bond donors (Lipinski definition) is 4. The number of carboxylic acid groups (broad SMARTS) is 1. The van der Waals surface area contributed by atoms with Crippen molar-refractivity contribution >= 4 is 13.7 Å². The second-order valence-corrected chi connectivity index (χ2v) is 9.19. The summed E-state index contributed by atoms with van der Waals surface area (Å²) in [5.74, 6) is -1.43. The van der Waals surface area contributed by atoms with Crippen LogP contribution in [-0.4, -0.2) is 49.8 Å². The highest BCUT2D eigenvalue weighted by Gasteiger charge is 2.36. The molecule has 0 aliphatic heterocycles. The molecule has 4 N–H and O–H groups in total. The number of hydrogen-bond acceptors (Lipinski definition) is 3. The summed E-state index contributed by atoms with van der Waals surface area (Å²) in [6.45, 7) is 1.37. The summed E-state index contributed by atoms with van der Waals surface area (Å²) in [6, 6.07) is -1.57. The molecule has 0 saturated carbocycles. The first-order valence-electron chi connectivity index (χ1n) is 11.2. The maximum absolute atomic E-state index is 11.5. The van der Waals surface area contributed by atoms with Gasteiger partial charge in [0, 0.05) is 6.54 Å². The third-order valence-corrected chi connectivity index (χ3v) is 6.20. The zero-order chi connectivity index (χ0) is 22.0. The lowest BCUT2D eigenvalue weighted by Crippen LogP contribution is -2.42. The lowest BCUT2D eigenvalue weighted by atomic mass is 10.1. The largest absolute Gasteiger partial charge is 0.480 e. The highest BCUT2D eigenvalue weighted by molar-refractivity contribution is 7.49. The molecule has 0 aromatic rings. The number of carbonyl (C=O) groups is 1. The van der Waals surface area contributed by atoms with E-state index in [9.17, 15) is 19.1 Å². The minimum absolute atomic E-state index is 0.0387. The summed E-state index contributed by atoms with van der Waals surface area (Å²) in [5, 5.41) is 18.1. The Bertz CT molecular complexity index is 480. The molecule has 0 heterocycles. The van der Waals surface area contributed by atoms with Gasteiger partial charge in [0.2, 0.25) is 0 Å². The molecule has 0 amide bonds. The highest BCUT2D eigenvalue weighted by atomic mass is 31.2. The molecular formula is C21H42NO6P. The van der Waals surface area contributed by atoms with Gasteiger partial charge in [0.25, 0.3) is 0 Å². The van der Waals surface area contributed by atoms with Gasteiger partial charge < -0.3 is 20.0 Å². The molecular weight excluding hydrogens is 393 g/mol. The average molecular weight is 436 g/mol. The molecule has 0 unspecified atom stereocenters. The fraction of sp³-hybridized carbons (Fsp3) is 0.857. The molecule has 7 nitrogen and oxygen atoms in total. The first-order valence-corrected chi connectivity index (χ1v) is 12.7. The quantitative estimate of drug-likeness (QED) is 0.122. The molecule has 172 valence electrons. The van der Waals surface area contributed by atoms with Crippen molar-refractivity contribution in [1.82, 2.24) is 4.67 Å². The Morgan fingerprint density at radius 3 is 1.72 bits per heavy atom. The molecule has 0 saturated heterocycles. The summed E-state index contributed by atoms with van der Waals surface area (Å²) in [6.07, 6.45) is 20.3. The maximum Gasteiger partial charge on any atom is 0.403 e. The van der Waals surface area contributed by atoms with Crippen molar-refractivity contribution in [2.75, 3.05) is 13.2 Å². The van der Waals surface area contributed by atoms with Crippen LogP contribution in [0.5, 0.6) is 0 Å². The lowest BCUT2D eigenvalue weighted by Gasteiger charge is -2.27. The Morgan fingerprint density at radius 1 is 0.862 bits per heavy atom. The van der Waals surface area contributed by atoms with Crippen LogP contribution < -0.4 is 0 Å². The van der Waals surface area contributed by atoms with Crippen LogP contribution in [0.25, 0.3) is 0 Å². The second kappa shape index (κ2) is 18.1. The SMILES string of the molecule is CCCCCCCC/C=C/CCCCCCCCN([C@@H](CO)C(=O)O)P(=O)(O)O. The molecule has 0 radical (unpaired) electrons. The Morgan fingerprint density at radius 2 is 1.31 bits per heavy atom. The third-order valence-electron chi connectivity index (χ3n) is 5.05. The maximum atomic E-state index is 11.5. The van der Waals surface area contributed by atoms with Gasteiger partial charge in [-0.15, -0.1) is 0 Å². The van der Waals surface area contributed by atoms with Crippen molar-refractivity contribution < 1.29 is 29.4 Å². The van der Waals surface area contributed by atoms with Gasteiger partial charge in [0.15, 0.2) is 0 Å². The van der Waals surface area contributed by atoms with Crippen molar-refractivity contribution in [3.63, 3.8) is 0 Å². The normalized spacial score (nSPS) is 13.4. The minimum Gasteiger partial charge on any atom is -0.480 e. The summed E-state index contributed by atoms with van der Waals surface area (Å²) in [7, 11) is -4.71. The molecule has 0 aliphatic rings. The minimum atomic E-state index is -4.71. The number of aliphatic hydroxyl groups excluding tert-OH is 1. The van der Waals surface area contributed by atoms with E-state index < -0.39 is 26.4 Å². The van der Waals surface area contributed by atoms with Gasteiger partial charge in [-0.2, -0.15) is 4.67 Å². The van der Waals surface area contributed by atoms with Gasteiger partial charge >= 0.3 is 13.7 Å². The van der Waals surface area contributed by atoms with Crippen LogP contribution in [0, 0.1) is 0 Å². The lowest BCUT2D eigenvalue weighted by molar-refractivity contribution is -0.143. The van der Waals surface area contributed by atoms with Crippen molar-refractivity contribution in [1.29, 1.82) is 0 Å². The third kappa shape index (κ3) is 15.7. The first-order chi connectivity index (χ1) is 13.8. The average Bonchev–Trinajstić information content (AvgIpc) is 2.65. The van der Waals surface area contributed by atoms with E-state index in [-0.39, 0.29) is 6.54 Å². The van der Waals surface area contributed by atoms with Crippen LogP contribution in [0.4, 0.5) is 0 Å². The number of carboxylic acids is 1. The first kappa shape index (κ1) is 28.3. The van der Waals surface area contributed by atoms with Crippen molar-refractivity contribution in [3.05, 3.63) is 12.2 Å². The van der Waals surface area contributed by atoms with E-state index in [1.807, 2.05) is 0 Å². The van der Waals surface area contributed by atoms with Gasteiger partial charge in [-0.3, -0.25) is 4.79 Å². The van der Waals surface area contributed by atoms with E-state index in [4.69, 9.17) is 10.2 Å². The summed E-state index contributed by atoms with van der Waals surface area (Å²) in [4.78, 5) is 29.7. The van der Waals surface area contributed by atoms with Crippen molar-refractivity contribution in [3.8, 4) is 0 Å². The number of rotatable bonds is 20. The summed E-state index contributed by atoms with van der Waals surface area (Å²) < 4.78 is 12.1. The van der Waals surface area contributed by atoms with E-state index in [0.29, 0.717) is 11.1 Å². The fourth-order valence-corrected chi connectivity index (χ4v) is 4.23. The molecule has 0 fully saturated rings. The Balaban J connectivity index is 3.70. The van der Waals surface area contributed by atoms with Gasteiger partial charge in [0.05, 0.1) is 6.61 Å². The molecule has 0 spiro atoms. The molecule has 0 bridgehead atoms. The van der Waals surface area contributed by atoms with E-state index in [0.717, 1.165) is 38.5 Å². The zero-order valence-electron chi connectivity index (χ0n) is 18.0. The Labute approximate surface area is 176 Å². The smallest absolute Gasteiger partial charge is 0.403 e. The predicted octanol–water partition coefficient (Wildman–Crippen LogP) is 4.86. The number of aliphatic hydroxyl groups is 1. The number of unbranched alkanes of at least 4 members (excludes halogenated alkanes) is 12. The molecule has 8 heteroatoms. The van der Waals surface area contributed by atoms with Crippen LogP contribution in [0.1, 0.15) is 96.8 Å². The van der Waals surface area contributed by atoms with Crippen molar-refractivity contribution in [2.24, 2.45) is 0 Å². The number of allylic oxidation sites excluding steroid dienone is 2. The van der Waals surface area contributed by atoms with Gasteiger partial charge in [-0.05, 0) is 32.1 Å². The van der Waals surface area contributed by atoms with Gasteiger partial charge in [-0.1, -0.05) is 76.9 Å². The standard InChI is InChI=1S/C21H42NO6P/c1-2-3-4-5-6-7-8-9-10-11-12-13-14-15-16-17-18-22(29(26,27)28)20(19-23)21(24)25/h9-10,20,23H,2-8,11-19H2,1H3,(H,24,25)(H2,26,27,28)/b10-9+/t20-/m0/s1. The molecule has 29 heavy (non-hydrogen) atoms. The second-order valence-electron chi connectivity index (χ2n) is 7.65. The van der Waals surface area contributed by atoms with Crippen LogP contribution in [0.2, 0.25) is 0 Å². The van der Waals surface area contributed by atoms with Crippen molar-refractivity contribution in [2.45, 2.75) is 103 Å². The predicted molar refractivity (Wildman–Crippen MR) is 117 cm³/mol. The van der Waals surface area contributed by atoms with E-state index in [1.165, 1.54) is 44.9 Å². The molecule has 0 aromatic carbocycles. The summed E-state index contributed by atoms with van der Waals surface area (Å²) in [5.41, 5.74) is 0. The van der Waals surface area contributed by atoms with Crippen LogP contribution in [0.3, 0.4) is 0 Å². The molecule has 0 aliphatic carbocycles. The Kier molecular flexibility index (Phi) is 17.6. The van der Waals surface area contributed by atoms with Gasteiger partial charge in [-0.25, -0.2) is 4.57 Å². The van der Waals surface area contributed by atoms with Crippen LogP contribution in [-0.2, 0) is 9.36 Å².